The third-order valence-electron chi connectivity index (χ3n) is 6.15. The molecular weight excluding hydrogens is 557 g/mol. The van der Waals surface area contributed by atoms with Gasteiger partial charge in [-0.2, -0.15) is 13.2 Å². The number of halogens is 3. The molecule has 1 aliphatic rings. The zero-order chi connectivity index (χ0) is 30.9. The normalized spacial score (nSPS) is 13.4. The van der Waals surface area contributed by atoms with Crippen LogP contribution in [0.4, 0.5) is 30.2 Å². The summed E-state index contributed by atoms with van der Waals surface area (Å²) in [4.78, 5) is 49.8. The van der Waals surface area contributed by atoms with E-state index in [0.717, 1.165) is 16.9 Å². The number of nitrogens with one attached hydrogen (secondary N) is 2. The zero-order valence-electron chi connectivity index (χ0n) is 22.5. The number of carboxylic acids is 2. The van der Waals surface area contributed by atoms with Gasteiger partial charge in [0.2, 0.25) is 5.91 Å². The number of carboxylic acid groups (broad SMARTS) is 2. The van der Waals surface area contributed by atoms with Crippen molar-refractivity contribution in [3.05, 3.63) is 89.5 Å². The van der Waals surface area contributed by atoms with Crippen LogP contribution in [0.3, 0.4) is 0 Å². The summed E-state index contributed by atoms with van der Waals surface area (Å²) in [7, 11) is 0. The summed E-state index contributed by atoms with van der Waals surface area (Å²) in [5.74, 6) is -4.18. The molecule has 222 valence electrons. The SMILES string of the molecule is Cc1cccc(NC(=O)CN2CCN(c3ccc(C(=O)O)cc3NC(=O)c3ccccc3)CC2)c1.O=C(O)C(F)(F)F. The van der Waals surface area contributed by atoms with Gasteiger partial charge in [-0.25, -0.2) is 9.59 Å². The molecule has 3 aromatic carbocycles. The molecule has 0 unspecified atom stereocenters. The number of carbonyl (C=O) groups excluding carboxylic acids is 2. The topological polar surface area (TPSA) is 139 Å². The number of aromatic carboxylic acids is 1. The minimum atomic E-state index is -5.08. The standard InChI is InChI=1S/C27H28N4O4.C2HF3O2/c1-19-6-5-9-22(16-19)28-25(32)18-30-12-14-31(15-13-30)24-11-10-21(27(34)35)17-23(24)29-26(33)20-7-3-2-4-8-20;3-2(4,5)1(6)7/h2-11,16-17H,12-15,18H2,1H3,(H,28,32)(H,29,33)(H,34,35);(H,6,7). The summed E-state index contributed by atoms with van der Waals surface area (Å²) < 4.78 is 31.7. The second kappa shape index (κ2) is 14.1. The van der Waals surface area contributed by atoms with Gasteiger partial charge in [0.1, 0.15) is 0 Å². The molecule has 4 rings (SSSR count). The molecule has 2 amide bonds. The lowest BCUT2D eigenvalue weighted by Gasteiger charge is -2.36. The van der Waals surface area contributed by atoms with Crippen molar-refractivity contribution in [3.63, 3.8) is 0 Å². The average Bonchev–Trinajstić information content (AvgIpc) is 2.94. The highest BCUT2D eigenvalue weighted by Gasteiger charge is 2.38. The molecule has 0 atom stereocenters. The van der Waals surface area contributed by atoms with Gasteiger partial charge in [-0.3, -0.25) is 14.5 Å². The number of carbonyl (C=O) groups is 4. The summed E-state index contributed by atoms with van der Waals surface area (Å²) in [5.41, 5.74) is 3.66. The smallest absolute Gasteiger partial charge is 0.478 e. The van der Waals surface area contributed by atoms with Gasteiger partial charge in [0.25, 0.3) is 5.91 Å². The highest BCUT2D eigenvalue weighted by Crippen LogP contribution is 2.29. The first kappa shape index (κ1) is 31.6. The van der Waals surface area contributed by atoms with Crippen LogP contribution in [0.25, 0.3) is 0 Å². The fourth-order valence-electron chi connectivity index (χ4n) is 4.10. The van der Waals surface area contributed by atoms with Crippen LogP contribution in [0.2, 0.25) is 0 Å². The molecule has 1 fully saturated rings. The maximum Gasteiger partial charge on any atom is 0.490 e. The largest absolute Gasteiger partial charge is 0.490 e. The lowest BCUT2D eigenvalue weighted by Crippen LogP contribution is -2.48. The van der Waals surface area contributed by atoms with Crippen LogP contribution in [-0.2, 0) is 9.59 Å². The van der Waals surface area contributed by atoms with Gasteiger partial charge in [0.15, 0.2) is 0 Å². The first-order chi connectivity index (χ1) is 19.8. The van der Waals surface area contributed by atoms with Gasteiger partial charge in [0, 0.05) is 37.4 Å². The fraction of sp³-hybridized carbons (Fsp3) is 0.241. The van der Waals surface area contributed by atoms with Gasteiger partial charge in [0.05, 0.1) is 23.5 Å². The first-order valence-corrected chi connectivity index (χ1v) is 12.7. The van der Waals surface area contributed by atoms with Gasteiger partial charge >= 0.3 is 18.1 Å². The predicted molar refractivity (Wildman–Crippen MR) is 150 cm³/mol. The van der Waals surface area contributed by atoms with Crippen LogP contribution in [0.1, 0.15) is 26.3 Å². The molecule has 4 N–H and O–H groups in total. The molecule has 1 saturated heterocycles. The molecule has 13 heteroatoms. The molecule has 0 radical (unpaired) electrons. The number of hydrogen-bond acceptors (Lipinski definition) is 6. The minimum absolute atomic E-state index is 0.0642. The van der Waals surface area contributed by atoms with E-state index in [4.69, 9.17) is 9.90 Å². The minimum Gasteiger partial charge on any atom is -0.478 e. The number of aliphatic carboxylic acids is 1. The van der Waals surface area contributed by atoms with E-state index in [0.29, 0.717) is 37.4 Å². The van der Waals surface area contributed by atoms with Gasteiger partial charge in [-0.05, 0) is 55.0 Å². The van der Waals surface area contributed by atoms with Crippen LogP contribution in [0.5, 0.6) is 0 Å². The summed E-state index contributed by atoms with van der Waals surface area (Å²) in [6.45, 7) is 4.87. The second-order valence-corrected chi connectivity index (χ2v) is 9.34. The highest BCUT2D eigenvalue weighted by atomic mass is 19.4. The van der Waals surface area contributed by atoms with Crippen molar-refractivity contribution < 1.29 is 42.6 Å². The molecule has 0 aliphatic carbocycles. The Morgan fingerprint density at radius 3 is 2.02 bits per heavy atom. The van der Waals surface area contributed by atoms with E-state index < -0.39 is 18.1 Å². The Labute approximate surface area is 239 Å². The Bertz CT molecular complexity index is 1420. The third kappa shape index (κ3) is 9.34. The Balaban J connectivity index is 0.000000616. The molecule has 42 heavy (non-hydrogen) atoms. The van der Waals surface area contributed by atoms with Crippen LogP contribution in [-0.4, -0.2) is 77.8 Å². The average molecular weight is 587 g/mol. The maximum absolute atomic E-state index is 12.7. The number of aryl methyl sites for hydroxylation is 1. The van der Waals surface area contributed by atoms with Crippen molar-refractivity contribution in [1.82, 2.24) is 4.90 Å². The van der Waals surface area contributed by atoms with Crippen molar-refractivity contribution >= 4 is 40.8 Å². The molecule has 0 spiro atoms. The molecule has 0 bridgehead atoms. The summed E-state index contributed by atoms with van der Waals surface area (Å²) in [6, 6.07) is 21.2. The summed E-state index contributed by atoms with van der Waals surface area (Å²) >= 11 is 0. The lowest BCUT2D eigenvalue weighted by molar-refractivity contribution is -0.192. The van der Waals surface area contributed by atoms with E-state index in [1.54, 1.807) is 30.3 Å². The Morgan fingerprint density at radius 2 is 1.45 bits per heavy atom. The fourth-order valence-corrected chi connectivity index (χ4v) is 4.10. The first-order valence-electron chi connectivity index (χ1n) is 12.7. The van der Waals surface area contributed by atoms with Gasteiger partial charge in [-0.1, -0.05) is 30.3 Å². The summed E-state index contributed by atoms with van der Waals surface area (Å²) in [6.07, 6.45) is -5.08. The van der Waals surface area contributed by atoms with E-state index in [-0.39, 0.29) is 23.9 Å². The lowest BCUT2D eigenvalue weighted by atomic mass is 10.1. The van der Waals surface area contributed by atoms with Crippen LogP contribution in [0, 0.1) is 6.92 Å². The van der Waals surface area contributed by atoms with E-state index in [9.17, 15) is 32.7 Å². The van der Waals surface area contributed by atoms with Crippen LogP contribution >= 0.6 is 0 Å². The zero-order valence-corrected chi connectivity index (χ0v) is 22.5. The molecule has 1 aliphatic heterocycles. The third-order valence-corrected chi connectivity index (χ3v) is 6.15. The number of amides is 2. The quantitative estimate of drug-likeness (QED) is 0.321. The van der Waals surface area contributed by atoms with Crippen LogP contribution < -0.4 is 15.5 Å². The predicted octanol–water partition coefficient (Wildman–Crippen LogP) is 4.34. The highest BCUT2D eigenvalue weighted by molar-refractivity contribution is 6.06. The molecule has 1 heterocycles. The second-order valence-electron chi connectivity index (χ2n) is 9.34. The Kier molecular flexibility index (Phi) is 10.6. The number of nitrogens with zero attached hydrogens (tertiary/aromatic N) is 2. The molecule has 0 aromatic heterocycles. The van der Waals surface area contributed by atoms with Crippen molar-refractivity contribution in [2.45, 2.75) is 13.1 Å². The van der Waals surface area contributed by atoms with Gasteiger partial charge < -0.3 is 25.7 Å². The molecular formula is C29H29F3N4O6. The van der Waals surface area contributed by atoms with E-state index >= 15 is 0 Å². The van der Waals surface area contributed by atoms with Crippen molar-refractivity contribution in [2.75, 3.05) is 48.3 Å². The number of hydrogen-bond donors (Lipinski definition) is 4. The van der Waals surface area contributed by atoms with E-state index in [2.05, 4.69) is 20.4 Å². The number of benzene rings is 3. The van der Waals surface area contributed by atoms with Crippen molar-refractivity contribution in [2.24, 2.45) is 0 Å². The van der Waals surface area contributed by atoms with Crippen molar-refractivity contribution in [3.8, 4) is 0 Å². The number of anilines is 3. The maximum atomic E-state index is 12.7. The number of alkyl halides is 3. The number of rotatable bonds is 7. The van der Waals surface area contributed by atoms with E-state index in [1.165, 1.54) is 12.1 Å². The molecule has 0 saturated carbocycles. The Morgan fingerprint density at radius 1 is 0.810 bits per heavy atom. The van der Waals surface area contributed by atoms with Gasteiger partial charge in [-0.15, -0.1) is 0 Å². The van der Waals surface area contributed by atoms with E-state index in [1.807, 2.05) is 37.3 Å². The Hall–Kier alpha value is -4.91. The molecule has 3 aromatic rings. The number of piperazine rings is 1. The van der Waals surface area contributed by atoms with Crippen molar-refractivity contribution in [1.29, 1.82) is 0 Å². The van der Waals surface area contributed by atoms with Crippen LogP contribution in [0.15, 0.2) is 72.8 Å². The monoisotopic (exact) mass is 586 g/mol. The molecule has 10 nitrogen and oxygen atoms in total. The summed E-state index contributed by atoms with van der Waals surface area (Å²) in [5, 5.41) is 22.4.